The zero-order valence-corrected chi connectivity index (χ0v) is 12.4. The van der Waals surface area contributed by atoms with E-state index < -0.39 is 5.97 Å². The molecule has 1 aromatic carbocycles. The van der Waals surface area contributed by atoms with Crippen LogP contribution in [0.25, 0.3) is 0 Å². The molecule has 0 radical (unpaired) electrons. The normalized spacial score (nSPS) is 17.9. The van der Waals surface area contributed by atoms with Gasteiger partial charge in [-0.15, -0.1) is 0 Å². The highest BCUT2D eigenvalue weighted by Gasteiger charge is 2.32. The van der Waals surface area contributed by atoms with Crippen LogP contribution in [0.1, 0.15) is 62.6 Å². The minimum absolute atomic E-state index is 0.0131. The first-order valence-electron chi connectivity index (χ1n) is 7.53. The predicted molar refractivity (Wildman–Crippen MR) is 79.3 cm³/mol. The van der Waals surface area contributed by atoms with E-state index in [2.05, 4.69) is 6.92 Å². The van der Waals surface area contributed by atoms with Crippen molar-refractivity contribution < 1.29 is 15.0 Å². The van der Waals surface area contributed by atoms with E-state index in [0.717, 1.165) is 36.0 Å². The Morgan fingerprint density at radius 1 is 1.25 bits per heavy atom. The molecule has 2 rings (SSSR count). The minimum Gasteiger partial charge on any atom is -0.507 e. The van der Waals surface area contributed by atoms with Gasteiger partial charge in [0.2, 0.25) is 0 Å². The van der Waals surface area contributed by atoms with Gasteiger partial charge in [0.25, 0.3) is 0 Å². The number of rotatable bonds is 4. The number of aromatic hydroxyl groups is 1. The summed E-state index contributed by atoms with van der Waals surface area (Å²) in [5.41, 5.74) is 2.60. The molecule has 1 aromatic rings. The fraction of sp³-hybridized carbons (Fsp3) is 0.588. The Balaban J connectivity index is 2.46. The number of phenolic OH excluding ortho intramolecular Hbond substituents is 1. The van der Waals surface area contributed by atoms with Crippen LogP contribution in [0, 0.1) is 0 Å². The number of benzene rings is 1. The zero-order valence-electron chi connectivity index (χ0n) is 12.4. The molecular formula is C17H24O3. The summed E-state index contributed by atoms with van der Waals surface area (Å²) in [4.78, 5) is 11.0. The van der Waals surface area contributed by atoms with Gasteiger partial charge < -0.3 is 10.2 Å². The second-order valence-electron chi connectivity index (χ2n) is 6.20. The van der Waals surface area contributed by atoms with Crippen LogP contribution in [0.4, 0.5) is 0 Å². The molecule has 0 atom stereocenters. The maximum atomic E-state index is 11.0. The van der Waals surface area contributed by atoms with Gasteiger partial charge >= 0.3 is 5.97 Å². The third-order valence-electron chi connectivity index (χ3n) is 4.59. The first kappa shape index (κ1) is 14.9. The highest BCUT2D eigenvalue weighted by molar-refractivity contribution is 5.70. The predicted octanol–water partition coefficient (Wildman–Crippen LogP) is 3.80. The van der Waals surface area contributed by atoms with Crippen LogP contribution in [-0.4, -0.2) is 16.2 Å². The molecule has 0 spiro atoms. The molecule has 1 fully saturated rings. The number of hydrogen-bond donors (Lipinski definition) is 2. The van der Waals surface area contributed by atoms with Crippen molar-refractivity contribution in [1.29, 1.82) is 0 Å². The summed E-state index contributed by atoms with van der Waals surface area (Å²) in [7, 11) is 0. The fourth-order valence-corrected chi connectivity index (χ4v) is 3.37. The number of carboxylic acid groups (broad SMARTS) is 1. The molecule has 0 bridgehead atoms. The molecule has 3 nitrogen and oxygen atoms in total. The highest BCUT2D eigenvalue weighted by atomic mass is 16.4. The number of aliphatic carboxylic acids is 1. The maximum absolute atomic E-state index is 11.0. The van der Waals surface area contributed by atoms with E-state index in [-0.39, 0.29) is 11.8 Å². The molecule has 1 aliphatic carbocycles. The lowest BCUT2D eigenvalue weighted by atomic mass is 9.70. The summed E-state index contributed by atoms with van der Waals surface area (Å²) in [6, 6.07) is 3.74. The zero-order chi connectivity index (χ0) is 14.8. The van der Waals surface area contributed by atoms with Gasteiger partial charge in [-0.25, -0.2) is 0 Å². The summed E-state index contributed by atoms with van der Waals surface area (Å²) < 4.78 is 0. The second-order valence-corrected chi connectivity index (χ2v) is 6.20. The van der Waals surface area contributed by atoms with E-state index in [1.807, 2.05) is 19.1 Å². The summed E-state index contributed by atoms with van der Waals surface area (Å²) in [6.45, 7) is 4.19. The van der Waals surface area contributed by atoms with Crippen LogP contribution in [0.5, 0.6) is 5.75 Å². The van der Waals surface area contributed by atoms with Crippen LogP contribution in [-0.2, 0) is 23.1 Å². The number of aryl methyl sites for hydroxylation is 1. The van der Waals surface area contributed by atoms with Gasteiger partial charge in [-0.1, -0.05) is 45.2 Å². The van der Waals surface area contributed by atoms with Crippen LogP contribution in [0.3, 0.4) is 0 Å². The molecule has 20 heavy (non-hydrogen) atoms. The number of phenols is 1. The lowest BCUT2D eigenvalue weighted by Gasteiger charge is -2.35. The molecule has 0 aromatic heterocycles. The van der Waals surface area contributed by atoms with Gasteiger partial charge in [0.15, 0.2) is 0 Å². The van der Waals surface area contributed by atoms with E-state index in [0.29, 0.717) is 5.75 Å². The molecule has 0 unspecified atom stereocenters. The van der Waals surface area contributed by atoms with Crippen molar-refractivity contribution in [1.82, 2.24) is 0 Å². The van der Waals surface area contributed by atoms with Gasteiger partial charge in [-0.3, -0.25) is 4.79 Å². The summed E-state index contributed by atoms with van der Waals surface area (Å²) >= 11 is 0. The van der Waals surface area contributed by atoms with Crippen molar-refractivity contribution in [3.05, 3.63) is 28.8 Å². The Labute approximate surface area is 120 Å². The average Bonchev–Trinajstić information content (AvgIpc) is 2.40. The van der Waals surface area contributed by atoms with Crippen molar-refractivity contribution in [2.24, 2.45) is 0 Å². The number of carboxylic acids is 1. The first-order valence-corrected chi connectivity index (χ1v) is 7.53. The monoisotopic (exact) mass is 276 g/mol. The lowest BCUT2D eigenvalue weighted by Crippen LogP contribution is -2.25. The SMILES string of the molecule is CCc1cc(CC(=O)O)cc(C2(C)CCCCC2)c1O. The van der Waals surface area contributed by atoms with E-state index in [4.69, 9.17) is 5.11 Å². The third-order valence-corrected chi connectivity index (χ3v) is 4.59. The molecular weight excluding hydrogens is 252 g/mol. The molecule has 3 heteroatoms. The summed E-state index contributed by atoms with van der Waals surface area (Å²) in [5.74, 6) is -0.441. The average molecular weight is 276 g/mol. The van der Waals surface area contributed by atoms with E-state index in [1.54, 1.807) is 0 Å². The van der Waals surface area contributed by atoms with Crippen molar-refractivity contribution in [2.45, 2.75) is 64.2 Å². The maximum Gasteiger partial charge on any atom is 0.307 e. The number of carbonyl (C=O) groups is 1. The topological polar surface area (TPSA) is 57.5 Å². The molecule has 1 saturated carbocycles. The fourth-order valence-electron chi connectivity index (χ4n) is 3.37. The molecule has 0 heterocycles. The quantitative estimate of drug-likeness (QED) is 0.879. The smallest absolute Gasteiger partial charge is 0.307 e. The van der Waals surface area contributed by atoms with Gasteiger partial charge in [0, 0.05) is 5.56 Å². The summed E-state index contributed by atoms with van der Waals surface area (Å²) in [5, 5.41) is 19.5. The van der Waals surface area contributed by atoms with Crippen LogP contribution >= 0.6 is 0 Å². The minimum atomic E-state index is -0.822. The highest BCUT2D eigenvalue weighted by Crippen LogP contribution is 2.44. The first-order chi connectivity index (χ1) is 9.46. The Morgan fingerprint density at radius 3 is 2.45 bits per heavy atom. The van der Waals surface area contributed by atoms with Crippen molar-refractivity contribution in [2.75, 3.05) is 0 Å². The second kappa shape index (κ2) is 5.86. The van der Waals surface area contributed by atoms with Gasteiger partial charge in [0.1, 0.15) is 5.75 Å². The van der Waals surface area contributed by atoms with Crippen molar-refractivity contribution in [3.63, 3.8) is 0 Å². The van der Waals surface area contributed by atoms with Gasteiger partial charge in [0.05, 0.1) is 6.42 Å². The summed E-state index contributed by atoms with van der Waals surface area (Å²) in [6.07, 6.45) is 6.51. The molecule has 0 aliphatic heterocycles. The Morgan fingerprint density at radius 2 is 1.90 bits per heavy atom. The van der Waals surface area contributed by atoms with Crippen LogP contribution in [0.15, 0.2) is 12.1 Å². The van der Waals surface area contributed by atoms with Crippen LogP contribution in [0.2, 0.25) is 0 Å². The number of hydrogen-bond acceptors (Lipinski definition) is 2. The third kappa shape index (κ3) is 2.97. The molecule has 1 aliphatic rings. The van der Waals surface area contributed by atoms with E-state index in [9.17, 15) is 9.90 Å². The molecule has 0 saturated heterocycles. The Kier molecular flexibility index (Phi) is 4.36. The largest absolute Gasteiger partial charge is 0.507 e. The van der Waals surface area contributed by atoms with Crippen molar-refractivity contribution in [3.8, 4) is 5.75 Å². The molecule has 2 N–H and O–H groups in total. The molecule has 110 valence electrons. The van der Waals surface area contributed by atoms with Gasteiger partial charge in [-0.2, -0.15) is 0 Å². The van der Waals surface area contributed by atoms with E-state index in [1.165, 1.54) is 19.3 Å². The Bertz CT molecular complexity index is 499. The van der Waals surface area contributed by atoms with Crippen LogP contribution < -0.4 is 0 Å². The van der Waals surface area contributed by atoms with Crippen molar-refractivity contribution >= 4 is 5.97 Å². The standard InChI is InChI=1S/C17H24O3/c1-3-13-9-12(11-15(18)19)10-14(16(13)20)17(2)7-5-4-6-8-17/h9-10,20H,3-8,11H2,1-2H3,(H,18,19). The Hall–Kier alpha value is -1.51. The lowest BCUT2D eigenvalue weighted by molar-refractivity contribution is -0.136. The molecule has 0 amide bonds. The van der Waals surface area contributed by atoms with Gasteiger partial charge in [-0.05, 0) is 35.8 Å². The van der Waals surface area contributed by atoms with E-state index >= 15 is 0 Å².